The maximum absolute atomic E-state index is 5.55. The fraction of sp³-hybridized carbons (Fsp3) is 0.750. The zero-order valence-corrected chi connectivity index (χ0v) is 6.29. The average Bonchev–Trinajstić information content (AvgIpc) is 2.27. The van der Waals surface area contributed by atoms with Gasteiger partial charge in [-0.15, -0.1) is 0 Å². The standard InChI is InChI=1S/C8H13NO/c1-9-6-7-4-2-3-5-8(7)10-9/h2,4,7-8H,3,5-6H2,1H3/t7-,8-/m1/s1. The molecule has 0 radical (unpaired) electrons. The summed E-state index contributed by atoms with van der Waals surface area (Å²) in [6.45, 7) is 1.07. The molecule has 0 saturated carbocycles. The minimum absolute atomic E-state index is 0.481. The van der Waals surface area contributed by atoms with Crippen LogP contribution >= 0.6 is 0 Å². The molecule has 1 aliphatic heterocycles. The Morgan fingerprint density at radius 2 is 2.50 bits per heavy atom. The summed E-state index contributed by atoms with van der Waals surface area (Å²) < 4.78 is 0. The van der Waals surface area contributed by atoms with Gasteiger partial charge in [-0.3, -0.25) is 4.84 Å². The molecule has 1 aliphatic carbocycles. The van der Waals surface area contributed by atoms with Crippen molar-refractivity contribution >= 4 is 0 Å². The molecule has 0 aromatic carbocycles. The molecule has 2 heteroatoms. The van der Waals surface area contributed by atoms with Gasteiger partial charge < -0.3 is 0 Å². The molecule has 1 saturated heterocycles. The van der Waals surface area contributed by atoms with E-state index >= 15 is 0 Å². The maximum Gasteiger partial charge on any atom is 0.0871 e. The molecular formula is C8H13NO. The molecular weight excluding hydrogens is 126 g/mol. The van der Waals surface area contributed by atoms with E-state index in [1.807, 2.05) is 12.1 Å². The van der Waals surface area contributed by atoms with Gasteiger partial charge in [0, 0.05) is 19.5 Å². The Labute approximate surface area is 61.4 Å². The maximum atomic E-state index is 5.55. The molecule has 0 bridgehead atoms. The van der Waals surface area contributed by atoms with E-state index in [1.165, 1.54) is 12.8 Å². The first-order valence-electron chi connectivity index (χ1n) is 3.91. The highest BCUT2D eigenvalue weighted by atomic mass is 16.7. The summed E-state index contributed by atoms with van der Waals surface area (Å²) in [5.74, 6) is 0.666. The summed E-state index contributed by atoms with van der Waals surface area (Å²) in [5, 5.41) is 1.95. The first-order chi connectivity index (χ1) is 4.86. The van der Waals surface area contributed by atoms with Crippen LogP contribution in [-0.2, 0) is 4.84 Å². The van der Waals surface area contributed by atoms with Gasteiger partial charge in [0.25, 0.3) is 0 Å². The number of allylic oxidation sites excluding steroid dienone is 1. The lowest BCUT2D eigenvalue weighted by atomic mass is 9.94. The second-order valence-electron chi connectivity index (χ2n) is 3.12. The van der Waals surface area contributed by atoms with E-state index < -0.39 is 0 Å². The number of hydrogen-bond acceptors (Lipinski definition) is 2. The number of nitrogens with zero attached hydrogens (tertiary/aromatic N) is 1. The minimum atomic E-state index is 0.481. The van der Waals surface area contributed by atoms with Crippen LogP contribution in [0.1, 0.15) is 12.8 Å². The van der Waals surface area contributed by atoms with Crippen LogP contribution in [0.2, 0.25) is 0 Å². The van der Waals surface area contributed by atoms with Crippen LogP contribution in [0.25, 0.3) is 0 Å². The molecule has 2 aliphatic rings. The number of hydrogen-bond donors (Lipinski definition) is 0. The van der Waals surface area contributed by atoms with Gasteiger partial charge in [0.05, 0.1) is 6.10 Å². The Kier molecular flexibility index (Phi) is 1.51. The lowest BCUT2D eigenvalue weighted by molar-refractivity contribution is -0.129. The van der Waals surface area contributed by atoms with Gasteiger partial charge in [0.15, 0.2) is 0 Å². The minimum Gasteiger partial charge on any atom is -0.295 e. The molecule has 0 spiro atoms. The third kappa shape index (κ3) is 0.976. The van der Waals surface area contributed by atoms with Crippen molar-refractivity contribution in [2.24, 2.45) is 5.92 Å². The zero-order valence-electron chi connectivity index (χ0n) is 6.29. The lowest BCUT2D eigenvalue weighted by Crippen LogP contribution is -2.17. The highest BCUT2D eigenvalue weighted by Crippen LogP contribution is 2.27. The smallest absolute Gasteiger partial charge is 0.0871 e. The third-order valence-corrected chi connectivity index (χ3v) is 2.26. The molecule has 0 amide bonds. The molecule has 0 aromatic rings. The molecule has 10 heavy (non-hydrogen) atoms. The number of rotatable bonds is 0. The van der Waals surface area contributed by atoms with Crippen LogP contribution in [0, 0.1) is 5.92 Å². The Hall–Kier alpha value is -0.340. The van der Waals surface area contributed by atoms with Gasteiger partial charge in [0.2, 0.25) is 0 Å². The molecule has 1 fully saturated rings. The van der Waals surface area contributed by atoms with E-state index in [-0.39, 0.29) is 0 Å². The Balaban J connectivity index is 2.08. The fourth-order valence-corrected chi connectivity index (χ4v) is 1.75. The first kappa shape index (κ1) is 6.38. The van der Waals surface area contributed by atoms with Crippen LogP contribution in [0.4, 0.5) is 0 Å². The van der Waals surface area contributed by atoms with E-state index in [2.05, 4.69) is 12.2 Å². The molecule has 2 rings (SSSR count). The topological polar surface area (TPSA) is 12.5 Å². The fourth-order valence-electron chi connectivity index (χ4n) is 1.75. The predicted octanol–water partition coefficient (Wildman–Crippen LogP) is 1.20. The molecule has 56 valence electrons. The normalized spacial score (nSPS) is 40.1. The van der Waals surface area contributed by atoms with Crippen LogP contribution in [-0.4, -0.2) is 24.8 Å². The SMILES string of the molecule is CN1C[C@H]2C=CCC[C@H]2O1. The summed E-state index contributed by atoms with van der Waals surface area (Å²) in [7, 11) is 2.01. The highest BCUT2D eigenvalue weighted by Gasteiger charge is 2.31. The van der Waals surface area contributed by atoms with Gasteiger partial charge in [-0.2, -0.15) is 5.06 Å². The van der Waals surface area contributed by atoms with Crippen LogP contribution < -0.4 is 0 Å². The van der Waals surface area contributed by atoms with Crippen molar-refractivity contribution in [1.82, 2.24) is 5.06 Å². The summed E-state index contributed by atoms with van der Waals surface area (Å²) in [6.07, 6.45) is 7.43. The van der Waals surface area contributed by atoms with Crippen LogP contribution in [0.5, 0.6) is 0 Å². The average molecular weight is 139 g/mol. The quantitative estimate of drug-likeness (QED) is 0.467. The van der Waals surface area contributed by atoms with E-state index in [9.17, 15) is 0 Å². The van der Waals surface area contributed by atoms with Gasteiger partial charge in [-0.05, 0) is 12.8 Å². The first-order valence-corrected chi connectivity index (χ1v) is 3.91. The summed E-state index contributed by atoms with van der Waals surface area (Å²) in [4.78, 5) is 5.55. The summed E-state index contributed by atoms with van der Waals surface area (Å²) in [5.41, 5.74) is 0. The van der Waals surface area contributed by atoms with Crippen molar-refractivity contribution in [3.8, 4) is 0 Å². The van der Waals surface area contributed by atoms with Crippen molar-refractivity contribution in [2.45, 2.75) is 18.9 Å². The summed E-state index contributed by atoms with van der Waals surface area (Å²) in [6, 6.07) is 0. The lowest BCUT2D eigenvalue weighted by Gasteiger charge is -2.16. The highest BCUT2D eigenvalue weighted by molar-refractivity contribution is 5.00. The van der Waals surface area contributed by atoms with Crippen LogP contribution in [0.3, 0.4) is 0 Å². The Bertz CT molecular complexity index is 155. The van der Waals surface area contributed by atoms with Crippen molar-refractivity contribution in [3.05, 3.63) is 12.2 Å². The Morgan fingerprint density at radius 3 is 3.30 bits per heavy atom. The van der Waals surface area contributed by atoms with Crippen molar-refractivity contribution in [1.29, 1.82) is 0 Å². The van der Waals surface area contributed by atoms with Gasteiger partial charge in [0.1, 0.15) is 0 Å². The predicted molar refractivity (Wildman–Crippen MR) is 39.4 cm³/mol. The molecule has 2 atom stereocenters. The zero-order chi connectivity index (χ0) is 6.97. The molecule has 2 nitrogen and oxygen atoms in total. The largest absolute Gasteiger partial charge is 0.295 e. The van der Waals surface area contributed by atoms with E-state index in [1.54, 1.807) is 0 Å². The van der Waals surface area contributed by atoms with E-state index in [0.29, 0.717) is 12.0 Å². The third-order valence-electron chi connectivity index (χ3n) is 2.26. The second-order valence-corrected chi connectivity index (χ2v) is 3.12. The van der Waals surface area contributed by atoms with Crippen molar-refractivity contribution < 1.29 is 4.84 Å². The molecule has 1 heterocycles. The van der Waals surface area contributed by atoms with Gasteiger partial charge in [-0.25, -0.2) is 0 Å². The monoisotopic (exact) mass is 139 g/mol. The molecule has 0 unspecified atom stereocenters. The molecule has 0 aromatic heterocycles. The van der Waals surface area contributed by atoms with Gasteiger partial charge in [-0.1, -0.05) is 12.2 Å². The van der Waals surface area contributed by atoms with E-state index in [4.69, 9.17) is 4.84 Å². The van der Waals surface area contributed by atoms with E-state index in [0.717, 1.165) is 6.54 Å². The van der Waals surface area contributed by atoms with Gasteiger partial charge >= 0.3 is 0 Å². The molecule has 0 N–H and O–H groups in total. The van der Waals surface area contributed by atoms with Crippen molar-refractivity contribution in [2.75, 3.05) is 13.6 Å². The Morgan fingerprint density at radius 1 is 1.60 bits per heavy atom. The van der Waals surface area contributed by atoms with Crippen molar-refractivity contribution in [3.63, 3.8) is 0 Å². The second kappa shape index (κ2) is 2.36. The number of fused-ring (bicyclic) bond motifs is 1. The summed E-state index contributed by atoms with van der Waals surface area (Å²) >= 11 is 0. The van der Waals surface area contributed by atoms with Crippen LogP contribution in [0.15, 0.2) is 12.2 Å². The number of hydroxylamine groups is 2.